The minimum Gasteiger partial charge on any atom is -0.393 e. The highest BCUT2D eigenvalue weighted by Crippen LogP contribution is 2.07. The van der Waals surface area contributed by atoms with Crippen molar-refractivity contribution in [3.63, 3.8) is 0 Å². The zero-order chi connectivity index (χ0) is 12.8. The number of nitrogens with one attached hydrogen (secondary N) is 1. The average molecular weight is 251 g/mol. The molecular weight excluding hydrogens is 234 g/mol. The zero-order valence-corrected chi connectivity index (χ0v) is 10.8. The summed E-state index contributed by atoms with van der Waals surface area (Å²) in [6.07, 6.45) is 0. The predicted molar refractivity (Wildman–Crippen MR) is 74.0 cm³/mol. The summed E-state index contributed by atoms with van der Waals surface area (Å²) < 4.78 is 0. The summed E-state index contributed by atoms with van der Waals surface area (Å²) in [4.78, 5) is 13.8. The number of thiocarbonyl (C=S) groups is 1. The van der Waals surface area contributed by atoms with Crippen LogP contribution in [-0.2, 0) is 0 Å². The Morgan fingerprint density at radius 2 is 2.06 bits per heavy atom. The molecule has 0 radical (unpaired) electrons. The predicted octanol–water partition coefficient (Wildman–Crippen LogP) is 2.07. The normalized spacial score (nSPS) is 11.6. The van der Waals surface area contributed by atoms with Crippen LogP contribution >= 0.6 is 12.2 Å². The Morgan fingerprint density at radius 1 is 1.47 bits per heavy atom. The van der Waals surface area contributed by atoms with Crippen LogP contribution in [0.15, 0.2) is 30.3 Å². The van der Waals surface area contributed by atoms with Crippen molar-refractivity contribution in [1.82, 2.24) is 4.90 Å². The molecule has 17 heavy (non-hydrogen) atoms. The van der Waals surface area contributed by atoms with Gasteiger partial charge >= 0.3 is 6.03 Å². The van der Waals surface area contributed by atoms with E-state index in [1.54, 1.807) is 11.9 Å². The number of rotatable bonds is 4. The van der Waals surface area contributed by atoms with Crippen molar-refractivity contribution in [3.8, 4) is 0 Å². The fourth-order valence-corrected chi connectivity index (χ4v) is 1.40. The van der Waals surface area contributed by atoms with Gasteiger partial charge in [-0.15, -0.1) is 0 Å². The number of amides is 2. The van der Waals surface area contributed by atoms with E-state index in [1.807, 2.05) is 37.3 Å². The summed E-state index contributed by atoms with van der Waals surface area (Å²) in [5, 5.41) is 2.79. The first-order valence-corrected chi connectivity index (χ1v) is 5.78. The first-order chi connectivity index (χ1) is 8.00. The van der Waals surface area contributed by atoms with Crippen LogP contribution in [-0.4, -0.2) is 29.5 Å². The lowest BCUT2D eigenvalue weighted by atomic mass is 10.2. The number of hydrogen-bond acceptors (Lipinski definition) is 2. The van der Waals surface area contributed by atoms with Gasteiger partial charge in [0, 0.05) is 25.2 Å². The molecule has 0 heterocycles. The van der Waals surface area contributed by atoms with Crippen molar-refractivity contribution in [2.24, 2.45) is 11.7 Å². The largest absolute Gasteiger partial charge is 0.393 e. The van der Waals surface area contributed by atoms with E-state index in [0.717, 1.165) is 5.69 Å². The first-order valence-electron chi connectivity index (χ1n) is 5.37. The van der Waals surface area contributed by atoms with Crippen LogP contribution in [0.4, 0.5) is 10.5 Å². The molecule has 0 spiro atoms. The van der Waals surface area contributed by atoms with E-state index >= 15 is 0 Å². The van der Waals surface area contributed by atoms with Crippen molar-refractivity contribution < 1.29 is 4.79 Å². The number of carbonyl (C=O) groups is 1. The third kappa shape index (κ3) is 4.40. The van der Waals surface area contributed by atoms with E-state index in [9.17, 15) is 4.79 Å². The third-order valence-electron chi connectivity index (χ3n) is 2.41. The van der Waals surface area contributed by atoms with Gasteiger partial charge in [-0.25, -0.2) is 4.79 Å². The molecule has 0 aromatic heterocycles. The monoisotopic (exact) mass is 251 g/mol. The number of hydrogen-bond donors (Lipinski definition) is 2. The Morgan fingerprint density at radius 3 is 2.59 bits per heavy atom. The van der Waals surface area contributed by atoms with Crippen LogP contribution in [0.3, 0.4) is 0 Å². The highest BCUT2D eigenvalue weighted by Gasteiger charge is 2.13. The van der Waals surface area contributed by atoms with Crippen molar-refractivity contribution >= 4 is 28.9 Å². The molecule has 0 saturated carbocycles. The molecule has 0 fully saturated rings. The van der Waals surface area contributed by atoms with Crippen LogP contribution in [0, 0.1) is 5.92 Å². The Hall–Kier alpha value is -1.62. The number of benzene rings is 1. The van der Waals surface area contributed by atoms with Crippen molar-refractivity contribution in [1.29, 1.82) is 0 Å². The highest BCUT2D eigenvalue weighted by atomic mass is 32.1. The molecule has 3 N–H and O–H groups in total. The molecular formula is C12H17N3OS. The van der Waals surface area contributed by atoms with Crippen molar-refractivity contribution in [3.05, 3.63) is 30.3 Å². The number of anilines is 1. The quantitative estimate of drug-likeness (QED) is 0.805. The number of urea groups is 1. The lowest BCUT2D eigenvalue weighted by molar-refractivity contribution is 0.220. The van der Waals surface area contributed by atoms with Gasteiger partial charge in [0.15, 0.2) is 0 Å². The molecule has 0 aliphatic heterocycles. The number of nitrogens with two attached hydrogens (primary N) is 1. The first kappa shape index (κ1) is 13.4. The molecule has 4 nitrogen and oxygen atoms in total. The Labute approximate surface area is 107 Å². The van der Waals surface area contributed by atoms with Crippen LogP contribution in [0.5, 0.6) is 0 Å². The second-order valence-electron chi connectivity index (χ2n) is 3.98. The van der Waals surface area contributed by atoms with E-state index in [4.69, 9.17) is 18.0 Å². The lowest BCUT2D eigenvalue weighted by Crippen LogP contribution is -2.37. The van der Waals surface area contributed by atoms with Gasteiger partial charge in [0.25, 0.3) is 0 Å². The molecule has 0 aliphatic carbocycles. The SMILES string of the molecule is CC(CN(C)C(=O)Nc1ccccc1)C(N)=S. The van der Waals surface area contributed by atoms with E-state index in [1.165, 1.54) is 0 Å². The maximum absolute atomic E-state index is 11.8. The Bertz CT molecular complexity index is 394. The van der Waals surface area contributed by atoms with Gasteiger partial charge in [-0.05, 0) is 12.1 Å². The summed E-state index contributed by atoms with van der Waals surface area (Å²) in [5.41, 5.74) is 6.28. The summed E-state index contributed by atoms with van der Waals surface area (Å²) in [7, 11) is 1.72. The highest BCUT2D eigenvalue weighted by molar-refractivity contribution is 7.80. The number of para-hydroxylation sites is 1. The standard InChI is InChI=1S/C12H17N3OS/c1-9(11(13)17)8-15(2)12(16)14-10-6-4-3-5-7-10/h3-7,9H,8H2,1-2H3,(H2,13,17)(H,14,16). The van der Waals surface area contributed by atoms with Gasteiger partial charge in [0.1, 0.15) is 0 Å². The second kappa shape index (κ2) is 6.20. The van der Waals surface area contributed by atoms with Gasteiger partial charge in [-0.1, -0.05) is 37.3 Å². The molecule has 1 atom stereocenters. The molecule has 92 valence electrons. The Kier molecular flexibility index (Phi) is 4.90. The summed E-state index contributed by atoms with van der Waals surface area (Å²) >= 11 is 4.87. The van der Waals surface area contributed by atoms with Gasteiger partial charge in [0.05, 0.1) is 4.99 Å². The summed E-state index contributed by atoms with van der Waals surface area (Å²) in [6.45, 7) is 2.41. The molecule has 0 aliphatic rings. The zero-order valence-electron chi connectivity index (χ0n) is 10.0. The summed E-state index contributed by atoms with van der Waals surface area (Å²) in [6, 6.07) is 9.14. The molecule has 1 unspecified atom stereocenters. The van der Waals surface area contributed by atoms with Crippen molar-refractivity contribution in [2.45, 2.75) is 6.92 Å². The molecule has 0 saturated heterocycles. The van der Waals surface area contributed by atoms with Gasteiger partial charge in [0.2, 0.25) is 0 Å². The third-order valence-corrected chi connectivity index (χ3v) is 2.81. The van der Waals surface area contributed by atoms with Crippen molar-refractivity contribution in [2.75, 3.05) is 18.9 Å². The maximum atomic E-state index is 11.8. The van der Waals surface area contributed by atoms with E-state index in [0.29, 0.717) is 11.5 Å². The molecule has 0 bridgehead atoms. The fraction of sp³-hybridized carbons (Fsp3) is 0.333. The van der Waals surface area contributed by atoms with E-state index < -0.39 is 0 Å². The fourth-order valence-electron chi connectivity index (χ4n) is 1.32. The number of nitrogens with zero attached hydrogens (tertiary/aromatic N) is 1. The van der Waals surface area contributed by atoms with Crippen LogP contribution in [0.2, 0.25) is 0 Å². The minimum absolute atomic E-state index is 0.0107. The minimum atomic E-state index is -0.167. The molecule has 2 amide bonds. The van der Waals surface area contributed by atoms with E-state index in [-0.39, 0.29) is 11.9 Å². The van der Waals surface area contributed by atoms with Gasteiger partial charge in [-0.2, -0.15) is 0 Å². The maximum Gasteiger partial charge on any atom is 0.321 e. The van der Waals surface area contributed by atoms with Crippen LogP contribution < -0.4 is 11.1 Å². The molecule has 5 heteroatoms. The smallest absolute Gasteiger partial charge is 0.321 e. The summed E-state index contributed by atoms with van der Waals surface area (Å²) in [5.74, 6) is 0.0107. The molecule has 1 rings (SSSR count). The van der Waals surface area contributed by atoms with Gasteiger partial charge in [-0.3, -0.25) is 0 Å². The number of carbonyl (C=O) groups excluding carboxylic acids is 1. The average Bonchev–Trinajstić information content (AvgIpc) is 2.29. The van der Waals surface area contributed by atoms with Crippen LogP contribution in [0.1, 0.15) is 6.92 Å². The molecule has 1 aromatic carbocycles. The molecule has 1 aromatic rings. The second-order valence-corrected chi connectivity index (χ2v) is 4.45. The lowest BCUT2D eigenvalue weighted by Gasteiger charge is -2.21. The van der Waals surface area contributed by atoms with Gasteiger partial charge < -0.3 is 16.0 Å². The van der Waals surface area contributed by atoms with Crippen LogP contribution in [0.25, 0.3) is 0 Å². The van der Waals surface area contributed by atoms with E-state index in [2.05, 4.69) is 5.32 Å². The topological polar surface area (TPSA) is 58.4 Å². The Balaban J connectivity index is 2.50.